The van der Waals surface area contributed by atoms with Crippen LogP contribution in [-0.4, -0.2) is 24.9 Å². The van der Waals surface area contributed by atoms with Crippen molar-refractivity contribution in [3.8, 4) is 5.75 Å². The molecule has 2 N–H and O–H groups in total. The minimum absolute atomic E-state index is 0.162. The molecule has 0 saturated carbocycles. The summed E-state index contributed by atoms with van der Waals surface area (Å²) in [7, 11) is 0. The van der Waals surface area contributed by atoms with Crippen LogP contribution in [0.5, 0.6) is 5.75 Å². The molecule has 2 atom stereocenters. The summed E-state index contributed by atoms with van der Waals surface area (Å²) < 4.78 is 5.72. The smallest absolute Gasteiger partial charge is 0.122 e. The zero-order valence-electron chi connectivity index (χ0n) is 12.6. The van der Waals surface area contributed by atoms with Gasteiger partial charge in [-0.3, -0.25) is 0 Å². The third-order valence-electron chi connectivity index (χ3n) is 3.23. The highest BCUT2D eigenvalue weighted by Gasteiger charge is 2.08. The van der Waals surface area contributed by atoms with Gasteiger partial charge >= 0.3 is 0 Å². The van der Waals surface area contributed by atoms with Crippen molar-refractivity contribution < 1.29 is 9.84 Å². The lowest BCUT2D eigenvalue weighted by Crippen LogP contribution is -2.19. The van der Waals surface area contributed by atoms with Crippen LogP contribution in [0.4, 0.5) is 0 Å². The van der Waals surface area contributed by atoms with Crippen molar-refractivity contribution in [3.05, 3.63) is 29.3 Å². The molecule has 3 nitrogen and oxygen atoms in total. The number of rotatable bonds is 8. The van der Waals surface area contributed by atoms with Gasteiger partial charge in [-0.2, -0.15) is 0 Å². The van der Waals surface area contributed by atoms with Gasteiger partial charge in [0.05, 0.1) is 6.61 Å². The molecular weight excluding hydrogens is 238 g/mol. The van der Waals surface area contributed by atoms with Gasteiger partial charge in [0.25, 0.3) is 0 Å². The minimum Gasteiger partial charge on any atom is -0.493 e. The fourth-order valence-electron chi connectivity index (χ4n) is 1.87. The first-order chi connectivity index (χ1) is 9.08. The average molecular weight is 265 g/mol. The molecule has 1 rings (SSSR count). The summed E-state index contributed by atoms with van der Waals surface area (Å²) in [5, 5.41) is 12.5. The van der Waals surface area contributed by atoms with Crippen LogP contribution in [0.1, 0.15) is 44.4 Å². The van der Waals surface area contributed by atoms with Crippen molar-refractivity contribution in [1.29, 1.82) is 0 Å². The minimum atomic E-state index is 0.162. The van der Waals surface area contributed by atoms with Gasteiger partial charge in [0, 0.05) is 18.6 Å². The maximum Gasteiger partial charge on any atom is 0.122 e. The number of hydrogen-bond acceptors (Lipinski definition) is 3. The number of ether oxygens (including phenoxy) is 1. The molecule has 0 fully saturated rings. The van der Waals surface area contributed by atoms with Crippen LogP contribution in [0.3, 0.4) is 0 Å². The van der Waals surface area contributed by atoms with Crippen LogP contribution in [0.25, 0.3) is 0 Å². The first-order valence-corrected chi connectivity index (χ1v) is 7.16. The molecule has 0 aliphatic carbocycles. The Kier molecular flexibility index (Phi) is 6.89. The molecule has 0 bridgehead atoms. The molecule has 0 saturated heterocycles. The Balaban J connectivity index is 2.63. The van der Waals surface area contributed by atoms with E-state index in [1.165, 1.54) is 5.56 Å². The molecule has 0 aliphatic rings. The van der Waals surface area contributed by atoms with Crippen LogP contribution in [0.2, 0.25) is 0 Å². The van der Waals surface area contributed by atoms with Crippen molar-refractivity contribution in [2.75, 3.05) is 19.8 Å². The van der Waals surface area contributed by atoms with Gasteiger partial charge in [-0.1, -0.05) is 26.0 Å². The van der Waals surface area contributed by atoms with Gasteiger partial charge in [0.1, 0.15) is 5.75 Å². The van der Waals surface area contributed by atoms with Gasteiger partial charge in [-0.25, -0.2) is 0 Å². The van der Waals surface area contributed by atoms with Crippen LogP contribution < -0.4 is 10.1 Å². The second kappa shape index (κ2) is 8.18. The Morgan fingerprint density at radius 3 is 2.63 bits per heavy atom. The van der Waals surface area contributed by atoms with Crippen LogP contribution in [-0.2, 0) is 0 Å². The van der Waals surface area contributed by atoms with Gasteiger partial charge in [-0.15, -0.1) is 0 Å². The fourth-order valence-corrected chi connectivity index (χ4v) is 1.87. The van der Waals surface area contributed by atoms with Gasteiger partial charge in [0.15, 0.2) is 0 Å². The van der Waals surface area contributed by atoms with E-state index in [0.29, 0.717) is 12.6 Å². The molecule has 1 aromatic carbocycles. The normalized spacial score (nSPS) is 14.2. The van der Waals surface area contributed by atoms with E-state index in [4.69, 9.17) is 9.84 Å². The van der Waals surface area contributed by atoms with E-state index in [2.05, 4.69) is 38.2 Å². The number of nitrogens with one attached hydrogen (secondary N) is 1. The molecule has 2 unspecified atom stereocenters. The second-order valence-electron chi connectivity index (χ2n) is 5.30. The molecule has 19 heavy (non-hydrogen) atoms. The molecule has 3 heteroatoms. The summed E-state index contributed by atoms with van der Waals surface area (Å²) in [6.45, 7) is 10.1. The SMILES string of the molecule is CCCNC(C)c1ccc(OCC(C)CO)c(C)c1. The Labute approximate surface area is 117 Å². The molecule has 0 radical (unpaired) electrons. The third kappa shape index (κ3) is 5.21. The number of aliphatic hydroxyl groups is 1. The monoisotopic (exact) mass is 265 g/mol. The van der Waals surface area contributed by atoms with Crippen molar-refractivity contribution >= 4 is 0 Å². The summed E-state index contributed by atoms with van der Waals surface area (Å²) in [4.78, 5) is 0. The summed E-state index contributed by atoms with van der Waals surface area (Å²) >= 11 is 0. The number of benzene rings is 1. The van der Waals surface area contributed by atoms with Crippen LogP contribution in [0, 0.1) is 12.8 Å². The topological polar surface area (TPSA) is 41.5 Å². The van der Waals surface area contributed by atoms with Gasteiger partial charge < -0.3 is 15.2 Å². The third-order valence-corrected chi connectivity index (χ3v) is 3.23. The lowest BCUT2D eigenvalue weighted by atomic mass is 10.0. The van der Waals surface area contributed by atoms with Crippen molar-refractivity contribution in [3.63, 3.8) is 0 Å². The molecule has 0 heterocycles. The lowest BCUT2D eigenvalue weighted by Gasteiger charge is -2.17. The zero-order valence-corrected chi connectivity index (χ0v) is 12.6. The van der Waals surface area contributed by atoms with Gasteiger partial charge in [-0.05, 0) is 44.0 Å². The van der Waals surface area contributed by atoms with E-state index in [9.17, 15) is 0 Å². The predicted molar refractivity (Wildman–Crippen MR) is 79.6 cm³/mol. The highest BCUT2D eigenvalue weighted by Crippen LogP contribution is 2.23. The summed E-state index contributed by atoms with van der Waals surface area (Å²) in [5.74, 6) is 1.08. The number of aliphatic hydroxyl groups excluding tert-OH is 1. The van der Waals surface area contributed by atoms with E-state index in [1.807, 2.05) is 13.0 Å². The number of hydrogen-bond donors (Lipinski definition) is 2. The first kappa shape index (κ1) is 16.0. The summed E-state index contributed by atoms with van der Waals surface area (Å²) in [5.41, 5.74) is 2.43. The van der Waals surface area contributed by atoms with Gasteiger partial charge in [0.2, 0.25) is 0 Å². The van der Waals surface area contributed by atoms with E-state index in [1.54, 1.807) is 0 Å². The summed E-state index contributed by atoms with van der Waals surface area (Å²) in [6.07, 6.45) is 1.14. The first-order valence-electron chi connectivity index (χ1n) is 7.16. The molecule has 0 amide bonds. The summed E-state index contributed by atoms with van der Waals surface area (Å²) in [6, 6.07) is 6.67. The lowest BCUT2D eigenvalue weighted by molar-refractivity contribution is 0.174. The van der Waals surface area contributed by atoms with E-state index >= 15 is 0 Å². The highest BCUT2D eigenvalue weighted by atomic mass is 16.5. The van der Waals surface area contributed by atoms with E-state index in [0.717, 1.165) is 24.3 Å². The maximum absolute atomic E-state index is 8.99. The van der Waals surface area contributed by atoms with Crippen molar-refractivity contribution in [1.82, 2.24) is 5.32 Å². The van der Waals surface area contributed by atoms with E-state index in [-0.39, 0.29) is 12.5 Å². The Hall–Kier alpha value is -1.06. The Morgan fingerprint density at radius 2 is 2.05 bits per heavy atom. The van der Waals surface area contributed by atoms with Crippen molar-refractivity contribution in [2.24, 2.45) is 5.92 Å². The standard InChI is InChI=1S/C16H27NO2/c1-5-8-17-14(4)15-6-7-16(13(3)9-15)19-11-12(2)10-18/h6-7,9,12,14,17-18H,5,8,10-11H2,1-4H3. The van der Waals surface area contributed by atoms with Crippen LogP contribution >= 0.6 is 0 Å². The van der Waals surface area contributed by atoms with Crippen LogP contribution in [0.15, 0.2) is 18.2 Å². The molecule has 0 aliphatic heterocycles. The maximum atomic E-state index is 8.99. The second-order valence-corrected chi connectivity index (χ2v) is 5.30. The average Bonchev–Trinajstić information content (AvgIpc) is 2.42. The molecule has 108 valence electrons. The molecule has 1 aromatic rings. The van der Waals surface area contributed by atoms with E-state index < -0.39 is 0 Å². The molecule has 0 spiro atoms. The molecule has 0 aromatic heterocycles. The predicted octanol–water partition coefficient (Wildman–Crippen LogP) is 3.06. The zero-order chi connectivity index (χ0) is 14.3. The Morgan fingerprint density at radius 1 is 1.32 bits per heavy atom. The highest BCUT2D eigenvalue weighted by molar-refractivity contribution is 5.37. The van der Waals surface area contributed by atoms with Crippen molar-refractivity contribution in [2.45, 2.75) is 40.2 Å². The number of aryl methyl sites for hydroxylation is 1. The quantitative estimate of drug-likeness (QED) is 0.759. The largest absolute Gasteiger partial charge is 0.493 e. The fraction of sp³-hybridized carbons (Fsp3) is 0.625. The molecular formula is C16H27NO2. The Bertz CT molecular complexity index is 379.